The van der Waals surface area contributed by atoms with Crippen LogP contribution in [-0.4, -0.2) is 19.4 Å². The zero-order valence-corrected chi connectivity index (χ0v) is 19.2. The Labute approximate surface area is 190 Å². The lowest BCUT2D eigenvalue weighted by Crippen LogP contribution is -2.24. The molecule has 3 aromatic carbocycles. The van der Waals surface area contributed by atoms with Crippen molar-refractivity contribution in [3.05, 3.63) is 87.4 Å². The smallest absolute Gasteiger partial charge is 0.339 e. The predicted molar refractivity (Wildman–Crippen MR) is 127 cm³/mol. The van der Waals surface area contributed by atoms with Gasteiger partial charge in [0.05, 0.1) is 13.3 Å². The van der Waals surface area contributed by atoms with E-state index >= 15 is 0 Å². The number of urea groups is 1. The molecule has 0 saturated carbocycles. The van der Waals surface area contributed by atoms with E-state index in [-0.39, 0.29) is 0 Å². The largest absolute Gasteiger partial charge is 0.493 e. The van der Waals surface area contributed by atoms with Crippen LogP contribution in [-0.2, 0) is 6.61 Å². The molecule has 3 rings (SSSR count). The number of methoxy groups -OCH3 is 1. The number of aryl methyl sites for hydroxylation is 2. The molecule has 0 aliphatic heterocycles. The molecule has 0 aromatic heterocycles. The third kappa shape index (κ3) is 6.58. The van der Waals surface area contributed by atoms with Crippen LogP contribution in [0.3, 0.4) is 0 Å². The fourth-order valence-electron chi connectivity index (χ4n) is 2.78. The van der Waals surface area contributed by atoms with Crippen LogP contribution in [0, 0.1) is 13.8 Å². The van der Waals surface area contributed by atoms with E-state index in [1.807, 2.05) is 50.2 Å². The maximum Gasteiger partial charge on any atom is 0.339 e. The van der Waals surface area contributed by atoms with Gasteiger partial charge in [0.1, 0.15) is 6.61 Å². The van der Waals surface area contributed by atoms with Crippen molar-refractivity contribution in [2.24, 2.45) is 5.10 Å². The molecule has 0 aliphatic rings. The first-order chi connectivity index (χ1) is 14.9. The molecule has 0 radical (unpaired) electrons. The molecule has 0 heterocycles. The summed E-state index contributed by atoms with van der Waals surface area (Å²) in [5, 5.41) is 6.73. The maximum absolute atomic E-state index is 12.0. The van der Waals surface area contributed by atoms with Crippen molar-refractivity contribution in [1.29, 1.82) is 0 Å². The number of hydrogen-bond acceptors (Lipinski definition) is 4. The number of benzene rings is 3. The van der Waals surface area contributed by atoms with Crippen molar-refractivity contribution in [2.75, 3.05) is 12.4 Å². The quantitative estimate of drug-likeness (QED) is 0.330. The Morgan fingerprint density at radius 3 is 2.52 bits per heavy atom. The molecule has 0 unspecified atom stereocenters. The van der Waals surface area contributed by atoms with Crippen molar-refractivity contribution in [3.63, 3.8) is 0 Å². The first-order valence-corrected chi connectivity index (χ1v) is 10.5. The van der Waals surface area contributed by atoms with Gasteiger partial charge in [0, 0.05) is 10.2 Å². The minimum absolute atomic E-state index is 0.428. The molecule has 2 N–H and O–H groups in total. The van der Waals surface area contributed by atoms with Crippen molar-refractivity contribution in [1.82, 2.24) is 5.43 Å². The Morgan fingerprint density at radius 2 is 1.81 bits per heavy atom. The summed E-state index contributed by atoms with van der Waals surface area (Å²) in [6, 6.07) is 18.8. The monoisotopic (exact) mass is 481 g/mol. The second kappa shape index (κ2) is 10.6. The molecule has 0 saturated heterocycles. The van der Waals surface area contributed by atoms with E-state index in [9.17, 15) is 4.79 Å². The van der Waals surface area contributed by atoms with E-state index < -0.39 is 6.03 Å². The van der Waals surface area contributed by atoms with Crippen LogP contribution in [0.1, 0.15) is 22.3 Å². The van der Waals surface area contributed by atoms with Gasteiger partial charge < -0.3 is 14.8 Å². The van der Waals surface area contributed by atoms with Gasteiger partial charge in [-0.2, -0.15) is 5.10 Å². The van der Waals surface area contributed by atoms with Gasteiger partial charge in [-0.1, -0.05) is 45.8 Å². The van der Waals surface area contributed by atoms with Crippen LogP contribution in [0.5, 0.6) is 11.5 Å². The van der Waals surface area contributed by atoms with E-state index in [4.69, 9.17) is 9.47 Å². The summed E-state index contributed by atoms with van der Waals surface area (Å²) in [7, 11) is 1.58. The highest BCUT2D eigenvalue weighted by Crippen LogP contribution is 2.28. The molecule has 7 heteroatoms. The minimum atomic E-state index is -0.428. The number of anilines is 1. The van der Waals surface area contributed by atoms with Crippen LogP contribution >= 0.6 is 15.9 Å². The molecule has 0 fully saturated rings. The van der Waals surface area contributed by atoms with E-state index in [1.165, 1.54) is 5.56 Å². The molecule has 3 aromatic rings. The summed E-state index contributed by atoms with van der Waals surface area (Å²) in [5.74, 6) is 1.22. The SMILES string of the molecule is COc1cc(/C=N/NC(=O)Nc2ccc(Br)c(C)c2)ccc1OCc1ccc(C)cc1. The fourth-order valence-corrected chi connectivity index (χ4v) is 3.02. The van der Waals surface area contributed by atoms with Gasteiger partial charge in [-0.25, -0.2) is 10.2 Å². The standard InChI is InChI=1S/C24H24BrN3O3/c1-16-4-6-18(7-5-16)15-31-22-11-8-19(13-23(22)30-3)14-26-28-24(29)27-20-9-10-21(25)17(2)12-20/h4-14H,15H2,1-3H3,(H2,27,28,29)/b26-14+. The summed E-state index contributed by atoms with van der Waals surface area (Å²) >= 11 is 3.43. The Balaban J connectivity index is 1.57. The molecule has 0 bridgehead atoms. The van der Waals surface area contributed by atoms with Crippen LogP contribution in [0.2, 0.25) is 0 Å². The number of halogens is 1. The topological polar surface area (TPSA) is 72.0 Å². The van der Waals surface area contributed by atoms with Crippen molar-refractivity contribution < 1.29 is 14.3 Å². The second-order valence-corrected chi connectivity index (χ2v) is 7.83. The van der Waals surface area contributed by atoms with Crippen molar-refractivity contribution in [2.45, 2.75) is 20.5 Å². The number of hydrogen-bond donors (Lipinski definition) is 2. The summed E-state index contributed by atoms with van der Waals surface area (Å²) in [6.45, 7) is 4.45. The summed E-state index contributed by atoms with van der Waals surface area (Å²) in [6.07, 6.45) is 1.54. The number of ether oxygens (including phenoxy) is 2. The zero-order valence-electron chi connectivity index (χ0n) is 17.6. The van der Waals surface area contributed by atoms with Gasteiger partial charge in [0.25, 0.3) is 0 Å². The lowest BCUT2D eigenvalue weighted by molar-refractivity contribution is 0.252. The first kappa shape index (κ1) is 22.4. The predicted octanol–water partition coefficient (Wildman–Crippen LogP) is 5.81. The molecule has 0 aliphatic carbocycles. The van der Waals surface area contributed by atoms with Gasteiger partial charge in [0.2, 0.25) is 0 Å². The number of hydrazone groups is 1. The van der Waals surface area contributed by atoms with Crippen LogP contribution in [0.4, 0.5) is 10.5 Å². The molecule has 0 atom stereocenters. The van der Waals surface area contributed by atoms with Crippen molar-refractivity contribution >= 4 is 33.9 Å². The van der Waals surface area contributed by atoms with Gasteiger partial charge in [-0.15, -0.1) is 0 Å². The molecule has 160 valence electrons. The lowest BCUT2D eigenvalue weighted by Gasteiger charge is -2.11. The van der Waals surface area contributed by atoms with E-state index in [0.717, 1.165) is 21.2 Å². The average Bonchev–Trinajstić information content (AvgIpc) is 2.76. The summed E-state index contributed by atoms with van der Waals surface area (Å²) in [5.41, 5.74) is 7.21. The van der Waals surface area contributed by atoms with E-state index in [1.54, 1.807) is 25.5 Å². The van der Waals surface area contributed by atoms with Gasteiger partial charge in [-0.05, 0) is 66.9 Å². The number of carbonyl (C=O) groups excluding carboxylic acids is 1. The van der Waals surface area contributed by atoms with Crippen LogP contribution in [0.15, 0.2) is 70.2 Å². The van der Waals surface area contributed by atoms with Gasteiger partial charge in [0.15, 0.2) is 11.5 Å². The van der Waals surface area contributed by atoms with E-state index in [0.29, 0.717) is 23.8 Å². The number of carbonyl (C=O) groups is 1. The maximum atomic E-state index is 12.0. The highest BCUT2D eigenvalue weighted by molar-refractivity contribution is 9.10. The van der Waals surface area contributed by atoms with E-state index in [2.05, 4.69) is 43.9 Å². The first-order valence-electron chi connectivity index (χ1n) is 9.67. The van der Waals surface area contributed by atoms with Crippen molar-refractivity contribution in [3.8, 4) is 11.5 Å². The highest BCUT2D eigenvalue weighted by Gasteiger charge is 2.06. The number of rotatable bonds is 7. The minimum Gasteiger partial charge on any atom is -0.493 e. The second-order valence-electron chi connectivity index (χ2n) is 6.97. The molecule has 6 nitrogen and oxygen atoms in total. The lowest BCUT2D eigenvalue weighted by atomic mass is 10.2. The number of amides is 2. The molecular formula is C24H24BrN3O3. The molecular weight excluding hydrogens is 458 g/mol. The normalized spacial score (nSPS) is 10.7. The van der Waals surface area contributed by atoms with Gasteiger partial charge >= 0.3 is 6.03 Å². The molecule has 2 amide bonds. The Kier molecular flexibility index (Phi) is 7.67. The third-order valence-corrected chi connectivity index (χ3v) is 5.39. The Hall–Kier alpha value is -3.32. The third-order valence-electron chi connectivity index (χ3n) is 4.50. The summed E-state index contributed by atoms with van der Waals surface area (Å²) < 4.78 is 12.3. The molecule has 31 heavy (non-hydrogen) atoms. The Morgan fingerprint density at radius 1 is 1.03 bits per heavy atom. The van der Waals surface area contributed by atoms with Gasteiger partial charge in [-0.3, -0.25) is 0 Å². The number of nitrogens with one attached hydrogen (secondary N) is 2. The van der Waals surface area contributed by atoms with Crippen LogP contribution < -0.4 is 20.2 Å². The summed E-state index contributed by atoms with van der Waals surface area (Å²) in [4.78, 5) is 12.0. The average molecular weight is 482 g/mol. The fraction of sp³-hybridized carbons (Fsp3) is 0.167. The Bertz CT molecular complexity index is 1080. The van der Waals surface area contributed by atoms with Crippen LogP contribution in [0.25, 0.3) is 0 Å². The molecule has 0 spiro atoms. The highest BCUT2D eigenvalue weighted by atomic mass is 79.9. The number of nitrogens with zero attached hydrogens (tertiary/aromatic N) is 1. The zero-order chi connectivity index (χ0) is 22.2.